The van der Waals surface area contributed by atoms with Crippen LogP contribution in [0.1, 0.15) is 26.3 Å². The maximum absolute atomic E-state index is 4.27. The molecular formula is C11H18N2. The predicted molar refractivity (Wildman–Crippen MR) is 56.9 cm³/mol. The lowest BCUT2D eigenvalue weighted by atomic mass is 9.89. The van der Waals surface area contributed by atoms with E-state index in [2.05, 4.69) is 37.1 Å². The van der Waals surface area contributed by atoms with E-state index in [-0.39, 0.29) is 0 Å². The minimum absolute atomic E-state index is 0.336. The van der Waals surface area contributed by atoms with Gasteiger partial charge in [-0.05, 0) is 23.5 Å². The van der Waals surface area contributed by atoms with Crippen molar-refractivity contribution in [1.29, 1.82) is 0 Å². The van der Waals surface area contributed by atoms with Crippen LogP contribution in [0.3, 0.4) is 0 Å². The van der Waals surface area contributed by atoms with Crippen molar-refractivity contribution in [2.45, 2.75) is 27.2 Å². The van der Waals surface area contributed by atoms with E-state index < -0.39 is 0 Å². The largest absolute Gasteiger partial charge is 0.373 e. The molecule has 1 heterocycles. The Bertz CT molecular complexity index is 256. The van der Waals surface area contributed by atoms with Gasteiger partial charge in [-0.2, -0.15) is 0 Å². The van der Waals surface area contributed by atoms with Crippen molar-refractivity contribution in [2.75, 3.05) is 12.4 Å². The number of anilines is 1. The molecule has 1 N–H and O–H groups in total. The van der Waals surface area contributed by atoms with Crippen LogP contribution in [0.4, 0.5) is 5.82 Å². The van der Waals surface area contributed by atoms with Gasteiger partial charge in [-0.15, -0.1) is 0 Å². The fourth-order valence-corrected chi connectivity index (χ4v) is 1.29. The Balaban J connectivity index is 2.70. The van der Waals surface area contributed by atoms with Gasteiger partial charge < -0.3 is 5.32 Å². The summed E-state index contributed by atoms with van der Waals surface area (Å²) in [6.45, 7) is 6.71. The molecule has 0 amide bonds. The van der Waals surface area contributed by atoms with Crippen molar-refractivity contribution in [3.63, 3.8) is 0 Å². The molecule has 0 radical (unpaired) electrons. The molecule has 0 saturated carbocycles. The number of rotatable bonds is 2. The number of aromatic nitrogens is 1. The summed E-state index contributed by atoms with van der Waals surface area (Å²) in [5, 5.41) is 3.01. The SMILES string of the molecule is CNc1ccc(CC(C)(C)C)cn1. The molecule has 1 aromatic rings. The standard InChI is InChI=1S/C11H18N2/c1-11(2,3)7-9-5-6-10(12-4)13-8-9/h5-6,8H,7H2,1-4H3,(H,12,13). The zero-order chi connectivity index (χ0) is 9.90. The summed E-state index contributed by atoms with van der Waals surface area (Å²) >= 11 is 0. The van der Waals surface area contributed by atoms with Crippen molar-refractivity contribution >= 4 is 5.82 Å². The minimum atomic E-state index is 0.336. The van der Waals surface area contributed by atoms with Gasteiger partial charge in [0, 0.05) is 13.2 Å². The zero-order valence-corrected chi connectivity index (χ0v) is 8.89. The Morgan fingerprint density at radius 3 is 2.38 bits per heavy atom. The van der Waals surface area contributed by atoms with Gasteiger partial charge in [-0.3, -0.25) is 0 Å². The smallest absolute Gasteiger partial charge is 0.125 e. The molecule has 0 bridgehead atoms. The van der Waals surface area contributed by atoms with Crippen LogP contribution in [0.15, 0.2) is 18.3 Å². The lowest BCUT2D eigenvalue weighted by Crippen LogP contribution is -2.09. The van der Waals surface area contributed by atoms with Crippen LogP contribution in [0.5, 0.6) is 0 Å². The molecule has 72 valence electrons. The Kier molecular flexibility index (Phi) is 2.91. The molecule has 2 heteroatoms. The van der Waals surface area contributed by atoms with Gasteiger partial charge in [-0.1, -0.05) is 26.8 Å². The quantitative estimate of drug-likeness (QED) is 0.753. The third kappa shape index (κ3) is 3.45. The first-order valence-corrected chi connectivity index (χ1v) is 4.64. The lowest BCUT2D eigenvalue weighted by Gasteiger charge is -2.17. The minimum Gasteiger partial charge on any atom is -0.373 e. The molecule has 0 aromatic carbocycles. The van der Waals surface area contributed by atoms with Crippen molar-refractivity contribution < 1.29 is 0 Å². The average molecular weight is 178 g/mol. The van der Waals surface area contributed by atoms with Crippen LogP contribution < -0.4 is 5.32 Å². The van der Waals surface area contributed by atoms with E-state index in [1.54, 1.807) is 0 Å². The van der Waals surface area contributed by atoms with Crippen molar-refractivity contribution in [3.05, 3.63) is 23.9 Å². The molecule has 0 fully saturated rings. The predicted octanol–water partition coefficient (Wildman–Crippen LogP) is 2.71. The molecule has 2 nitrogen and oxygen atoms in total. The van der Waals surface area contributed by atoms with Crippen molar-refractivity contribution in [1.82, 2.24) is 4.98 Å². The number of pyridine rings is 1. The highest BCUT2D eigenvalue weighted by molar-refractivity contribution is 5.34. The molecule has 0 spiro atoms. The molecule has 13 heavy (non-hydrogen) atoms. The number of hydrogen-bond acceptors (Lipinski definition) is 2. The fraction of sp³-hybridized carbons (Fsp3) is 0.545. The summed E-state index contributed by atoms with van der Waals surface area (Å²) in [4.78, 5) is 4.27. The van der Waals surface area contributed by atoms with E-state index >= 15 is 0 Å². The molecule has 0 saturated heterocycles. The van der Waals surface area contributed by atoms with E-state index in [1.807, 2.05) is 19.3 Å². The maximum Gasteiger partial charge on any atom is 0.125 e. The molecule has 1 rings (SSSR count). The Hall–Kier alpha value is -1.05. The van der Waals surface area contributed by atoms with Crippen LogP contribution in [-0.4, -0.2) is 12.0 Å². The van der Waals surface area contributed by atoms with Gasteiger partial charge in [0.25, 0.3) is 0 Å². The average Bonchev–Trinajstić information content (AvgIpc) is 2.03. The fourth-order valence-electron chi connectivity index (χ4n) is 1.29. The van der Waals surface area contributed by atoms with Gasteiger partial charge in [0.05, 0.1) is 0 Å². The Labute approximate surface area is 80.4 Å². The topological polar surface area (TPSA) is 24.9 Å². The van der Waals surface area contributed by atoms with Gasteiger partial charge in [0.15, 0.2) is 0 Å². The summed E-state index contributed by atoms with van der Waals surface area (Å²) in [5.74, 6) is 0.928. The second-order valence-electron chi connectivity index (χ2n) is 4.54. The number of nitrogens with zero attached hydrogens (tertiary/aromatic N) is 1. The van der Waals surface area contributed by atoms with E-state index in [0.29, 0.717) is 5.41 Å². The van der Waals surface area contributed by atoms with Crippen LogP contribution in [0.2, 0.25) is 0 Å². The van der Waals surface area contributed by atoms with Crippen LogP contribution in [-0.2, 0) is 6.42 Å². The van der Waals surface area contributed by atoms with Crippen molar-refractivity contribution in [3.8, 4) is 0 Å². The Morgan fingerprint density at radius 1 is 1.31 bits per heavy atom. The van der Waals surface area contributed by atoms with Crippen LogP contribution in [0, 0.1) is 5.41 Å². The summed E-state index contributed by atoms with van der Waals surface area (Å²) in [6.07, 6.45) is 3.01. The van der Waals surface area contributed by atoms with E-state index in [9.17, 15) is 0 Å². The Morgan fingerprint density at radius 2 is 2.00 bits per heavy atom. The van der Waals surface area contributed by atoms with Gasteiger partial charge >= 0.3 is 0 Å². The highest BCUT2D eigenvalue weighted by atomic mass is 14.9. The highest BCUT2D eigenvalue weighted by Crippen LogP contribution is 2.20. The van der Waals surface area contributed by atoms with Gasteiger partial charge in [0.1, 0.15) is 5.82 Å². The van der Waals surface area contributed by atoms with E-state index in [0.717, 1.165) is 12.2 Å². The summed E-state index contributed by atoms with van der Waals surface area (Å²) in [5.41, 5.74) is 1.63. The number of nitrogens with one attached hydrogen (secondary N) is 1. The summed E-state index contributed by atoms with van der Waals surface area (Å²) < 4.78 is 0. The lowest BCUT2D eigenvalue weighted by molar-refractivity contribution is 0.411. The first-order chi connectivity index (χ1) is 6.01. The zero-order valence-electron chi connectivity index (χ0n) is 8.89. The monoisotopic (exact) mass is 178 g/mol. The van der Waals surface area contributed by atoms with Crippen LogP contribution >= 0.6 is 0 Å². The first kappa shape index (κ1) is 10.0. The normalized spacial score (nSPS) is 11.4. The van der Waals surface area contributed by atoms with Crippen LogP contribution in [0.25, 0.3) is 0 Å². The molecule has 0 aliphatic carbocycles. The third-order valence-corrected chi connectivity index (χ3v) is 1.82. The van der Waals surface area contributed by atoms with E-state index in [4.69, 9.17) is 0 Å². The molecule has 1 aromatic heterocycles. The van der Waals surface area contributed by atoms with Gasteiger partial charge in [0.2, 0.25) is 0 Å². The highest BCUT2D eigenvalue weighted by Gasteiger charge is 2.10. The summed E-state index contributed by atoms with van der Waals surface area (Å²) in [6, 6.07) is 4.14. The van der Waals surface area contributed by atoms with Gasteiger partial charge in [-0.25, -0.2) is 4.98 Å². The third-order valence-electron chi connectivity index (χ3n) is 1.82. The summed E-state index contributed by atoms with van der Waals surface area (Å²) in [7, 11) is 1.88. The number of hydrogen-bond donors (Lipinski definition) is 1. The first-order valence-electron chi connectivity index (χ1n) is 4.64. The molecule has 0 aliphatic heterocycles. The van der Waals surface area contributed by atoms with E-state index in [1.165, 1.54) is 5.56 Å². The van der Waals surface area contributed by atoms with Crippen molar-refractivity contribution in [2.24, 2.45) is 5.41 Å². The second-order valence-corrected chi connectivity index (χ2v) is 4.54. The second kappa shape index (κ2) is 3.77. The maximum atomic E-state index is 4.27. The molecule has 0 aliphatic rings. The molecular weight excluding hydrogens is 160 g/mol. The molecule has 0 unspecified atom stereocenters. The molecule has 0 atom stereocenters.